The molecule has 0 saturated heterocycles. The van der Waals surface area contributed by atoms with Crippen LogP contribution in [0.3, 0.4) is 0 Å². The molecule has 1 heterocycles. The van der Waals surface area contributed by atoms with Crippen molar-refractivity contribution in [2.45, 2.75) is 0 Å². The number of rotatable bonds is 3. The van der Waals surface area contributed by atoms with Crippen molar-refractivity contribution in [2.75, 3.05) is 0 Å². The maximum Gasteiger partial charge on any atom is 0.136 e. The predicted octanol–water partition coefficient (Wildman–Crippen LogP) is 10.9. The Balaban J connectivity index is 1.45. The Hall–Kier alpha value is -5.14. The van der Waals surface area contributed by atoms with Gasteiger partial charge in [0.15, 0.2) is 0 Å². The third-order valence-corrected chi connectivity index (χ3v) is 7.88. The van der Waals surface area contributed by atoms with E-state index in [9.17, 15) is 0 Å². The zero-order valence-electron chi connectivity index (χ0n) is 21.3. The van der Waals surface area contributed by atoms with Gasteiger partial charge in [0, 0.05) is 10.8 Å². The molecule has 0 amide bonds. The van der Waals surface area contributed by atoms with Crippen LogP contribution in [-0.2, 0) is 0 Å². The topological polar surface area (TPSA) is 13.1 Å². The second-order valence-electron chi connectivity index (χ2n) is 10.1. The lowest BCUT2D eigenvalue weighted by molar-refractivity contribution is 0.669. The summed E-state index contributed by atoms with van der Waals surface area (Å²) in [5, 5.41) is 7.32. The molecule has 8 rings (SSSR count). The molecule has 1 aromatic heterocycles. The molecule has 182 valence electrons. The Morgan fingerprint density at radius 1 is 0.308 bits per heavy atom. The van der Waals surface area contributed by atoms with Gasteiger partial charge in [0.1, 0.15) is 11.2 Å². The minimum atomic E-state index is 0.919. The maximum atomic E-state index is 6.28. The van der Waals surface area contributed by atoms with E-state index in [1.165, 1.54) is 60.3 Å². The smallest absolute Gasteiger partial charge is 0.136 e. The van der Waals surface area contributed by atoms with E-state index < -0.39 is 0 Å². The van der Waals surface area contributed by atoms with Crippen LogP contribution >= 0.6 is 0 Å². The lowest BCUT2D eigenvalue weighted by Gasteiger charge is -2.18. The number of hydrogen-bond donors (Lipinski definition) is 0. The van der Waals surface area contributed by atoms with Gasteiger partial charge in [0.2, 0.25) is 0 Å². The first kappa shape index (κ1) is 21.9. The molecule has 0 spiro atoms. The van der Waals surface area contributed by atoms with Crippen LogP contribution in [0.25, 0.3) is 76.9 Å². The largest absolute Gasteiger partial charge is 0.456 e. The zero-order chi connectivity index (χ0) is 25.8. The second-order valence-corrected chi connectivity index (χ2v) is 10.1. The SMILES string of the molecule is c1ccc(-c2ccc(-c3c4ccccc4c(-c4cccc5oc6ccccc6c45)c4ccccc34)cc2)cc1. The van der Waals surface area contributed by atoms with Gasteiger partial charge in [0.25, 0.3) is 0 Å². The average molecular weight is 497 g/mol. The molecule has 0 radical (unpaired) electrons. The number of hydrogen-bond acceptors (Lipinski definition) is 1. The Labute approximate surface area is 226 Å². The van der Waals surface area contributed by atoms with Gasteiger partial charge in [-0.15, -0.1) is 0 Å². The van der Waals surface area contributed by atoms with Gasteiger partial charge in [-0.25, -0.2) is 0 Å². The lowest BCUT2D eigenvalue weighted by atomic mass is 9.84. The quantitative estimate of drug-likeness (QED) is 0.222. The van der Waals surface area contributed by atoms with E-state index in [1.807, 2.05) is 6.07 Å². The highest BCUT2D eigenvalue weighted by Crippen LogP contribution is 2.46. The first-order valence-corrected chi connectivity index (χ1v) is 13.4. The van der Waals surface area contributed by atoms with Gasteiger partial charge >= 0.3 is 0 Å². The Bertz CT molecular complexity index is 2090. The van der Waals surface area contributed by atoms with Crippen molar-refractivity contribution < 1.29 is 4.42 Å². The number of benzene rings is 7. The minimum Gasteiger partial charge on any atom is -0.456 e. The lowest BCUT2D eigenvalue weighted by Crippen LogP contribution is -1.91. The summed E-state index contributed by atoms with van der Waals surface area (Å²) in [5.41, 5.74) is 9.25. The van der Waals surface area contributed by atoms with E-state index in [0.717, 1.165) is 16.6 Å². The Morgan fingerprint density at radius 2 is 0.795 bits per heavy atom. The van der Waals surface area contributed by atoms with Crippen molar-refractivity contribution in [3.05, 3.63) is 146 Å². The van der Waals surface area contributed by atoms with E-state index in [2.05, 4.69) is 140 Å². The molecule has 7 aromatic carbocycles. The molecule has 39 heavy (non-hydrogen) atoms. The van der Waals surface area contributed by atoms with Crippen LogP contribution < -0.4 is 0 Å². The van der Waals surface area contributed by atoms with Gasteiger partial charge in [-0.2, -0.15) is 0 Å². The van der Waals surface area contributed by atoms with Crippen LogP contribution in [0.4, 0.5) is 0 Å². The molecule has 0 N–H and O–H groups in total. The maximum absolute atomic E-state index is 6.28. The van der Waals surface area contributed by atoms with Crippen LogP contribution in [0.1, 0.15) is 0 Å². The van der Waals surface area contributed by atoms with Gasteiger partial charge in [-0.3, -0.25) is 0 Å². The fraction of sp³-hybridized carbons (Fsp3) is 0. The van der Waals surface area contributed by atoms with Crippen LogP contribution in [0.2, 0.25) is 0 Å². The normalized spacial score (nSPS) is 11.6. The predicted molar refractivity (Wildman–Crippen MR) is 165 cm³/mol. The van der Waals surface area contributed by atoms with Crippen molar-refractivity contribution in [3.8, 4) is 33.4 Å². The molecule has 0 fully saturated rings. The van der Waals surface area contributed by atoms with E-state index in [-0.39, 0.29) is 0 Å². The van der Waals surface area contributed by atoms with Gasteiger partial charge < -0.3 is 4.42 Å². The summed E-state index contributed by atoms with van der Waals surface area (Å²) in [6, 6.07) is 52.0. The number of furan rings is 1. The summed E-state index contributed by atoms with van der Waals surface area (Å²) in [7, 11) is 0. The van der Waals surface area contributed by atoms with Gasteiger partial charge in [0.05, 0.1) is 0 Å². The molecule has 0 aliphatic rings. The summed E-state index contributed by atoms with van der Waals surface area (Å²) in [4.78, 5) is 0. The molecule has 0 atom stereocenters. The number of fused-ring (bicyclic) bond motifs is 5. The molecule has 0 bridgehead atoms. The van der Waals surface area contributed by atoms with E-state index in [1.54, 1.807) is 0 Å². The zero-order valence-corrected chi connectivity index (χ0v) is 21.3. The van der Waals surface area contributed by atoms with Crippen molar-refractivity contribution in [3.63, 3.8) is 0 Å². The third kappa shape index (κ3) is 3.41. The molecular formula is C38H24O. The van der Waals surface area contributed by atoms with Gasteiger partial charge in [-0.05, 0) is 67.1 Å². The van der Waals surface area contributed by atoms with Crippen LogP contribution in [0, 0.1) is 0 Å². The molecular weight excluding hydrogens is 472 g/mol. The van der Waals surface area contributed by atoms with Gasteiger partial charge in [-0.1, -0.05) is 133 Å². The molecule has 1 nitrogen and oxygen atoms in total. The highest BCUT2D eigenvalue weighted by Gasteiger charge is 2.19. The first-order chi connectivity index (χ1) is 19.4. The summed E-state index contributed by atoms with van der Waals surface area (Å²) < 4.78 is 6.28. The molecule has 1 heteroatoms. The van der Waals surface area contributed by atoms with Crippen molar-refractivity contribution in [1.82, 2.24) is 0 Å². The summed E-state index contributed by atoms with van der Waals surface area (Å²) in [5.74, 6) is 0. The third-order valence-electron chi connectivity index (χ3n) is 7.88. The highest BCUT2D eigenvalue weighted by atomic mass is 16.3. The summed E-state index contributed by atoms with van der Waals surface area (Å²) in [6.45, 7) is 0. The molecule has 0 aliphatic heterocycles. The molecule has 0 unspecified atom stereocenters. The monoisotopic (exact) mass is 496 g/mol. The van der Waals surface area contributed by atoms with Crippen LogP contribution in [0.5, 0.6) is 0 Å². The van der Waals surface area contributed by atoms with Crippen molar-refractivity contribution >= 4 is 43.5 Å². The summed E-state index contributed by atoms with van der Waals surface area (Å²) in [6.07, 6.45) is 0. The highest BCUT2D eigenvalue weighted by molar-refractivity contribution is 6.25. The Morgan fingerprint density at radius 3 is 1.46 bits per heavy atom. The molecule has 0 saturated carbocycles. The van der Waals surface area contributed by atoms with E-state index in [0.29, 0.717) is 0 Å². The van der Waals surface area contributed by atoms with Crippen molar-refractivity contribution in [2.24, 2.45) is 0 Å². The molecule has 0 aliphatic carbocycles. The summed E-state index contributed by atoms with van der Waals surface area (Å²) >= 11 is 0. The standard InChI is InChI=1S/C38H24O/c1-2-11-25(12-3-1)26-21-23-27(24-22-26)36-28-13-4-6-15-30(28)37(31-16-7-5-14-29(31)36)33-18-10-20-35-38(33)32-17-8-9-19-34(32)39-35/h1-24H. The first-order valence-electron chi connectivity index (χ1n) is 13.4. The van der Waals surface area contributed by atoms with E-state index >= 15 is 0 Å². The van der Waals surface area contributed by atoms with Crippen molar-refractivity contribution in [1.29, 1.82) is 0 Å². The fourth-order valence-corrected chi connectivity index (χ4v) is 6.17. The average Bonchev–Trinajstić information content (AvgIpc) is 3.40. The molecule has 8 aromatic rings. The fourth-order valence-electron chi connectivity index (χ4n) is 6.17. The van der Waals surface area contributed by atoms with E-state index in [4.69, 9.17) is 4.42 Å². The van der Waals surface area contributed by atoms with Crippen LogP contribution in [0.15, 0.2) is 150 Å². The minimum absolute atomic E-state index is 0.919. The number of para-hydroxylation sites is 1. The van der Waals surface area contributed by atoms with Crippen LogP contribution in [-0.4, -0.2) is 0 Å². The Kier molecular flexibility index (Phi) is 4.89. The second kappa shape index (κ2) is 8.72.